The lowest BCUT2D eigenvalue weighted by atomic mass is 10.0. The highest BCUT2D eigenvalue weighted by Crippen LogP contribution is 2.31. The highest BCUT2D eigenvalue weighted by molar-refractivity contribution is 7.89. The fraction of sp³-hybridized carbons (Fsp3) is 0.440. The first-order valence-corrected chi connectivity index (χ1v) is 13.0. The molecule has 0 aromatic heterocycles. The molecule has 0 saturated carbocycles. The molecular formula is C25H31N3O4S. The third-order valence-corrected chi connectivity index (χ3v) is 8.39. The summed E-state index contributed by atoms with van der Waals surface area (Å²) in [5, 5.41) is 2.84. The quantitative estimate of drug-likeness (QED) is 0.723. The van der Waals surface area contributed by atoms with Crippen LogP contribution in [0.15, 0.2) is 47.4 Å². The van der Waals surface area contributed by atoms with Gasteiger partial charge in [0.1, 0.15) is 6.54 Å². The van der Waals surface area contributed by atoms with E-state index in [4.69, 9.17) is 0 Å². The van der Waals surface area contributed by atoms with Gasteiger partial charge in [-0.25, -0.2) is 8.42 Å². The molecule has 2 aromatic carbocycles. The normalized spacial score (nSPS) is 18.0. The van der Waals surface area contributed by atoms with Crippen molar-refractivity contribution in [2.24, 2.45) is 5.92 Å². The fourth-order valence-electron chi connectivity index (χ4n) is 4.41. The van der Waals surface area contributed by atoms with Crippen molar-refractivity contribution in [3.05, 3.63) is 53.6 Å². The largest absolute Gasteiger partial charge is 0.325 e. The van der Waals surface area contributed by atoms with E-state index in [1.54, 1.807) is 22.5 Å². The Hall–Kier alpha value is -2.71. The number of fused-ring (bicyclic) bond motifs is 1. The number of hydrogen-bond donors (Lipinski definition) is 1. The lowest BCUT2D eigenvalue weighted by molar-refractivity contribution is -0.121. The van der Waals surface area contributed by atoms with Crippen LogP contribution in [0.3, 0.4) is 0 Å². The number of nitrogens with zero attached hydrogens (tertiary/aromatic N) is 2. The van der Waals surface area contributed by atoms with E-state index in [1.165, 1.54) is 4.90 Å². The van der Waals surface area contributed by atoms with Gasteiger partial charge in [-0.15, -0.1) is 0 Å². The van der Waals surface area contributed by atoms with Crippen LogP contribution in [0.4, 0.5) is 11.4 Å². The third kappa shape index (κ3) is 5.28. The molecule has 2 amide bonds. The lowest BCUT2D eigenvalue weighted by Crippen LogP contribution is -2.38. The summed E-state index contributed by atoms with van der Waals surface area (Å²) < 4.78 is 28.0. The summed E-state index contributed by atoms with van der Waals surface area (Å²) in [6.07, 6.45) is 3.26. The Balaban J connectivity index is 1.55. The van der Waals surface area contributed by atoms with E-state index in [2.05, 4.69) is 12.2 Å². The van der Waals surface area contributed by atoms with Crippen LogP contribution in [-0.4, -0.2) is 44.2 Å². The van der Waals surface area contributed by atoms with Gasteiger partial charge in [0.25, 0.3) is 0 Å². The summed E-state index contributed by atoms with van der Waals surface area (Å²) in [7, 11) is -3.58. The summed E-state index contributed by atoms with van der Waals surface area (Å²) in [4.78, 5) is 27.2. The number of piperidine rings is 1. The minimum atomic E-state index is -3.58. The number of hydrogen-bond acceptors (Lipinski definition) is 4. The molecule has 2 heterocycles. The van der Waals surface area contributed by atoms with Crippen molar-refractivity contribution in [2.75, 3.05) is 29.9 Å². The number of sulfonamides is 1. The van der Waals surface area contributed by atoms with Crippen LogP contribution in [0.2, 0.25) is 0 Å². The Morgan fingerprint density at radius 1 is 1.06 bits per heavy atom. The molecule has 0 aliphatic carbocycles. The molecule has 2 aromatic rings. The second-order valence-electron chi connectivity index (χ2n) is 9.12. The Labute approximate surface area is 195 Å². The highest BCUT2D eigenvalue weighted by atomic mass is 32.2. The van der Waals surface area contributed by atoms with Crippen molar-refractivity contribution in [1.29, 1.82) is 0 Å². The zero-order valence-corrected chi connectivity index (χ0v) is 20.0. The molecule has 7 nitrogen and oxygen atoms in total. The summed E-state index contributed by atoms with van der Waals surface area (Å²) in [5.74, 6) is 0.113. The topological polar surface area (TPSA) is 86.8 Å². The molecule has 1 saturated heterocycles. The second-order valence-corrected chi connectivity index (χ2v) is 11.1. The maximum Gasteiger partial charge on any atom is 0.244 e. The summed E-state index contributed by atoms with van der Waals surface area (Å²) in [5.41, 5.74) is 3.16. The number of carbonyl (C=O) groups excluding carboxylic acids is 2. The van der Waals surface area contributed by atoms with E-state index >= 15 is 0 Å². The molecule has 176 valence electrons. The first-order chi connectivity index (χ1) is 15.7. The number of nitrogens with one attached hydrogen (secondary N) is 1. The van der Waals surface area contributed by atoms with Crippen LogP contribution >= 0.6 is 0 Å². The van der Waals surface area contributed by atoms with Gasteiger partial charge in [-0.1, -0.05) is 24.6 Å². The first kappa shape index (κ1) is 23.4. The number of amides is 2. The molecule has 4 rings (SSSR count). The maximum absolute atomic E-state index is 13.2. The molecule has 0 unspecified atom stereocenters. The van der Waals surface area contributed by atoms with E-state index in [0.29, 0.717) is 49.6 Å². The zero-order valence-electron chi connectivity index (χ0n) is 19.2. The molecule has 2 aliphatic rings. The first-order valence-electron chi connectivity index (χ1n) is 11.5. The van der Waals surface area contributed by atoms with Crippen molar-refractivity contribution >= 4 is 33.2 Å². The molecule has 1 N–H and O–H groups in total. The van der Waals surface area contributed by atoms with E-state index in [-0.39, 0.29) is 23.3 Å². The average Bonchev–Trinajstić information content (AvgIpc) is 2.94. The van der Waals surface area contributed by atoms with Crippen molar-refractivity contribution in [3.8, 4) is 0 Å². The lowest BCUT2D eigenvalue weighted by Gasteiger charge is -2.30. The van der Waals surface area contributed by atoms with Gasteiger partial charge in [0.15, 0.2) is 0 Å². The van der Waals surface area contributed by atoms with Crippen molar-refractivity contribution < 1.29 is 18.0 Å². The van der Waals surface area contributed by atoms with Gasteiger partial charge in [0, 0.05) is 30.9 Å². The second kappa shape index (κ2) is 9.65. The van der Waals surface area contributed by atoms with Crippen molar-refractivity contribution in [1.82, 2.24) is 4.31 Å². The van der Waals surface area contributed by atoms with Gasteiger partial charge in [-0.3, -0.25) is 9.59 Å². The van der Waals surface area contributed by atoms with Crippen LogP contribution in [-0.2, 0) is 26.0 Å². The third-order valence-electron chi connectivity index (χ3n) is 6.50. The van der Waals surface area contributed by atoms with Crippen LogP contribution in [0.1, 0.15) is 43.7 Å². The van der Waals surface area contributed by atoms with Crippen LogP contribution < -0.4 is 10.2 Å². The van der Waals surface area contributed by atoms with Gasteiger partial charge in [-0.05, 0) is 74.4 Å². The molecule has 8 heteroatoms. The molecule has 33 heavy (non-hydrogen) atoms. The molecular weight excluding hydrogens is 438 g/mol. The Morgan fingerprint density at radius 2 is 1.76 bits per heavy atom. The number of rotatable bonds is 5. The van der Waals surface area contributed by atoms with Gasteiger partial charge in [0.05, 0.1) is 4.90 Å². The SMILES string of the molecule is Cc1ccc(NC(=O)CN2C(=O)CCCc3cc(S(=O)(=O)N4CCC(C)CC4)ccc32)cc1. The minimum Gasteiger partial charge on any atom is -0.325 e. The maximum atomic E-state index is 13.2. The van der Waals surface area contributed by atoms with E-state index < -0.39 is 10.0 Å². The van der Waals surface area contributed by atoms with Gasteiger partial charge in [0.2, 0.25) is 21.8 Å². The van der Waals surface area contributed by atoms with E-state index in [1.807, 2.05) is 31.2 Å². The summed E-state index contributed by atoms with van der Waals surface area (Å²) in [6.45, 7) is 5.07. The predicted molar refractivity (Wildman–Crippen MR) is 129 cm³/mol. The molecule has 1 fully saturated rings. The van der Waals surface area contributed by atoms with Gasteiger partial charge in [-0.2, -0.15) is 4.31 Å². The monoisotopic (exact) mass is 469 g/mol. The smallest absolute Gasteiger partial charge is 0.244 e. The molecule has 0 bridgehead atoms. The Bertz CT molecular complexity index is 1140. The van der Waals surface area contributed by atoms with Crippen molar-refractivity contribution in [3.63, 3.8) is 0 Å². The Morgan fingerprint density at radius 3 is 2.45 bits per heavy atom. The van der Waals surface area contributed by atoms with E-state index in [9.17, 15) is 18.0 Å². The minimum absolute atomic E-state index is 0.115. The number of anilines is 2. The number of aryl methyl sites for hydroxylation is 2. The zero-order chi connectivity index (χ0) is 23.6. The molecule has 0 spiro atoms. The standard InChI is InChI=1S/C25H31N3O4S/c1-18-6-8-21(9-7-18)26-24(29)17-28-23-11-10-22(16-20(23)4-3-5-25(28)30)33(31,32)27-14-12-19(2)13-15-27/h6-11,16,19H,3-5,12-15,17H2,1-2H3,(H,26,29). The molecule has 0 atom stereocenters. The Kier molecular flexibility index (Phi) is 6.86. The van der Waals surface area contributed by atoms with Crippen LogP contribution in [0.5, 0.6) is 0 Å². The molecule has 0 radical (unpaired) electrons. The highest BCUT2D eigenvalue weighted by Gasteiger charge is 2.30. The van der Waals surface area contributed by atoms with Crippen LogP contribution in [0.25, 0.3) is 0 Å². The number of carbonyl (C=O) groups is 2. The van der Waals surface area contributed by atoms with Gasteiger partial charge < -0.3 is 10.2 Å². The predicted octanol–water partition coefficient (Wildman–Crippen LogP) is 3.72. The van der Waals surface area contributed by atoms with E-state index in [0.717, 1.165) is 24.0 Å². The fourth-order valence-corrected chi connectivity index (χ4v) is 5.93. The van der Waals surface area contributed by atoms with Gasteiger partial charge >= 0.3 is 0 Å². The summed E-state index contributed by atoms with van der Waals surface area (Å²) >= 11 is 0. The molecule has 2 aliphatic heterocycles. The average molecular weight is 470 g/mol. The summed E-state index contributed by atoms with van der Waals surface area (Å²) in [6, 6.07) is 12.4. The van der Waals surface area contributed by atoms with Crippen molar-refractivity contribution in [2.45, 2.75) is 50.8 Å². The number of benzene rings is 2. The van der Waals surface area contributed by atoms with Crippen LogP contribution in [0, 0.1) is 12.8 Å².